The van der Waals surface area contributed by atoms with Crippen molar-refractivity contribution >= 4 is 46.4 Å². The molecule has 8 heteroatoms. The van der Waals surface area contributed by atoms with E-state index in [1.165, 1.54) is 13.2 Å². The van der Waals surface area contributed by atoms with Gasteiger partial charge < -0.3 is 20.3 Å². The lowest BCUT2D eigenvalue weighted by Crippen LogP contribution is -2.42. The van der Waals surface area contributed by atoms with E-state index in [2.05, 4.69) is 10.6 Å². The number of anilines is 3. The van der Waals surface area contributed by atoms with Crippen LogP contribution in [0.2, 0.25) is 5.02 Å². The first kappa shape index (κ1) is 19.7. The fourth-order valence-corrected chi connectivity index (χ4v) is 3.33. The molecule has 0 saturated carbocycles. The molecule has 1 atom stereocenters. The minimum atomic E-state index is -0.556. The fraction of sp³-hybridized carbons (Fsp3) is 0.250. The van der Waals surface area contributed by atoms with Gasteiger partial charge in [0.15, 0.2) is 0 Å². The maximum atomic E-state index is 13.0. The predicted molar refractivity (Wildman–Crippen MR) is 108 cm³/mol. The van der Waals surface area contributed by atoms with Gasteiger partial charge in [-0.2, -0.15) is 0 Å². The van der Waals surface area contributed by atoms with Crippen molar-refractivity contribution in [1.82, 2.24) is 0 Å². The average molecular weight is 402 g/mol. The zero-order valence-electron chi connectivity index (χ0n) is 15.5. The van der Waals surface area contributed by atoms with E-state index in [0.717, 1.165) is 0 Å². The van der Waals surface area contributed by atoms with Crippen molar-refractivity contribution < 1.29 is 19.1 Å². The molecular formula is C20H20ClN3O4. The second-order valence-corrected chi connectivity index (χ2v) is 6.83. The Morgan fingerprint density at radius 2 is 2.04 bits per heavy atom. The molecule has 0 aliphatic carbocycles. The second kappa shape index (κ2) is 8.31. The number of fused-ring (bicyclic) bond motifs is 1. The number of nitrogens with zero attached hydrogens (tertiary/aromatic N) is 1. The van der Waals surface area contributed by atoms with Crippen LogP contribution in [-0.4, -0.2) is 37.5 Å². The molecule has 1 aliphatic rings. The highest BCUT2D eigenvalue weighted by molar-refractivity contribution is 6.33. The van der Waals surface area contributed by atoms with Crippen LogP contribution in [0.4, 0.5) is 17.1 Å². The van der Waals surface area contributed by atoms with Gasteiger partial charge in [0.05, 0.1) is 35.6 Å². The number of amides is 2. The summed E-state index contributed by atoms with van der Waals surface area (Å²) in [6.45, 7) is 1.81. The van der Waals surface area contributed by atoms with E-state index in [4.69, 9.17) is 16.3 Å². The normalized spacial score (nSPS) is 15.9. The van der Waals surface area contributed by atoms with E-state index in [-0.39, 0.29) is 41.4 Å². The highest BCUT2D eigenvalue weighted by Gasteiger charge is 2.29. The first-order chi connectivity index (χ1) is 13.4. The topological polar surface area (TPSA) is 87.7 Å². The second-order valence-electron chi connectivity index (χ2n) is 6.42. The molecule has 2 aromatic carbocycles. The summed E-state index contributed by atoms with van der Waals surface area (Å²) >= 11 is 6.02. The SMILES string of the molecule is COC(=O)c1cc(NCC(=O)N2c3ccccc3NC(=O)CC2C)ccc1Cl. The van der Waals surface area contributed by atoms with Crippen molar-refractivity contribution in [3.8, 4) is 0 Å². The first-order valence-electron chi connectivity index (χ1n) is 8.73. The molecule has 0 spiro atoms. The van der Waals surface area contributed by atoms with Gasteiger partial charge in [0.2, 0.25) is 11.8 Å². The van der Waals surface area contributed by atoms with Gasteiger partial charge in [-0.3, -0.25) is 9.59 Å². The van der Waals surface area contributed by atoms with Crippen molar-refractivity contribution in [3.05, 3.63) is 53.1 Å². The maximum absolute atomic E-state index is 13.0. The van der Waals surface area contributed by atoms with Gasteiger partial charge in [-0.1, -0.05) is 23.7 Å². The Morgan fingerprint density at radius 3 is 2.79 bits per heavy atom. The first-order valence-corrected chi connectivity index (χ1v) is 9.11. The largest absolute Gasteiger partial charge is 0.465 e. The lowest BCUT2D eigenvalue weighted by Gasteiger charge is -2.28. The van der Waals surface area contributed by atoms with Crippen LogP contribution in [0.3, 0.4) is 0 Å². The third-order valence-electron chi connectivity index (χ3n) is 4.44. The number of ether oxygens (including phenoxy) is 1. The van der Waals surface area contributed by atoms with Crippen molar-refractivity contribution in [1.29, 1.82) is 0 Å². The molecule has 0 radical (unpaired) electrons. The van der Waals surface area contributed by atoms with Crippen molar-refractivity contribution in [2.45, 2.75) is 19.4 Å². The average Bonchev–Trinajstić information content (AvgIpc) is 2.80. The summed E-state index contributed by atoms with van der Waals surface area (Å²) < 4.78 is 4.70. The number of para-hydroxylation sites is 2. The lowest BCUT2D eigenvalue weighted by atomic mass is 10.1. The van der Waals surface area contributed by atoms with Crippen LogP contribution in [0.25, 0.3) is 0 Å². The molecule has 2 amide bonds. The lowest BCUT2D eigenvalue weighted by molar-refractivity contribution is -0.118. The Balaban J connectivity index is 1.80. The molecule has 3 rings (SSSR count). The Labute approximate surface area is 167 Å². The summed E-state index contributed by atoms with van der Waals surface area (Å²) in [5.74, 6) is -0.894. The number of esters is 1. The van der Waals surface area contributed by atoms with Gasteiger partial charge in [-0.25, -0.2) is 4.79 Å². The molecule has 0 bridgehead atoms. The van der Waals surface area contributed by atoms with E-state index in [1.807, 2.05) is 13.0 Å². The number of rotatable bonds is 4. The van der Waals surface area contributed by atoms with E-state index >= 15 is 0 Å². The Morgan fingerprint density at radius 1 is 1.29 bits per heavy atom. The third kappa shape index (κ3) is 4.09. The fourth-order valence-electron chi connectivity index (χ4n) is 3.13. The summed E-state index contributed by atoms with van der Waals surface area (Å²) in [4.78, 5) is 38.4. The Hall–Kier alpha value is -3.06. The summed E-state index contributed by atoms with van der Waals surface area (Å²) in [6, 6.07) is 11.7. The number of carbonyl (C=O) groups excluding carboxylic acids is 3. The quantitative estimate of drug-likeness (QED) is 0.767. The van der Waals surface area contributed by atoms with Crippen molar-refractivity contribution in [3.63, 3.8) is 0 Å². The van der Waals surface area contributed by atoms with Crippen LogP contribution in [-0.2, 0) is 14.3 Å². The molecule has 0 aromatic heterocycles. The van der Waals surface area contributed by atoms with Crippen LogP contribution in [0, 0.1) is 0 Å². The van der Waals surface area contributed by atoms with E-state index in [1.54, 1.807) is 35.2 Å². The van der Waals surface area contributed by atoms with Crippen LogP contribution < -0.4 is 15.5 Å². The number of benzene rings is 2. The molecule has 2 aromatic rings. The summed E-state index contributed by atoms with van der Waals surface area (Å²) in [7, 11) is 1.27. The van der Waals surface area contributed by atoms with Crippen LogP contribution in [0.15, 0.2) is 42.5 Å². The smallest absolute Gasteiger partial charge is 0.339 e. The number of nitrogens with one attached hydrogen (secondary N) is 2. The van der Waals surface area contributed by atoms with Crippen LogP contribution >= 0.6 is 11.6 Å². The van der Waals surface area contributed by atoms with Gasteiger partial charge in [-0.05, 0) is 37.3 Å². The van der Waals surface area contributed by atoms with Crippen LogP contribution in [0.1, 0.15) is 23.7 Å². The van der Waals surface area contributed by atoms with E-state index in [0.29, 0.717) is 17.1 Å². The molecule has 1 unspecified atom stereocenters. The number of hydrogen-bond donors (Lipinski definition) is 2. The van der Waals surface area contributed by atoms with E-state index < -0.39 is 5.97 Å². The summed E-state index contributed by atoms with van der Waals surface area (Å²) in [5.41, 5.74) is 2.02. The maximum Gasteiger partial charge on any atom is 0.339 e. The van der Waals surface area contributed by atoms with E-state index in [9.17, 15) is 14.4 Å². The monoisotopic (exact) mass is 401 g/mol. The molecule has 146 valence electrons. The molecule has 0 fully saturated rings. The zero-order valence-corrected chi connectivity index (χ0v) is 16.2. The molecule has 7 nitrogen and oxygen atoms in total. The predicted octanol–water partition coefficient (Wildman–Crippen LogP) is 3.30. The number of carbonyl (C=O) groups is 3. The molecule has 1 heterocycles. The Kier molecular flexibility index (Phi) is 5.84. The number of halogens is 1. The minimum absolute atomic E-state index is 0.0187. The molecule has 2 N–H and O–H groups in total. The third-order valence-corrected chi connectivity index (χ3v) is 4.77. The van der Waals surface area contributed by atoms with Gasteiger partial charge in [0.25, 0.3) is 0 Å². The summed E-state index contributed by atoms with van der Waals surface area (Å²) in [5, 5.41) is 6.10. The molecular weight excluding hydrogens is 382 g/mol. The van der Waals surface area contributed by atoms with Crippen LogP contribution in [0.5, 0.6) is 0 Å². The number of hydrogen-bond acceptors (Lipinski definition) is 5. The standard InChI is InChI=1S/C20H20ClN3O4/c1-12-9-18(25)23-16-5-3-4-6-17(16)24(12)19(26)11-22-13-7-8-15(21)14(10-13)20(27)28-2/h3-8,10,12,22H,9,11H2,1-2H3,(H,23,25). The van der Waals surface area contributed by atoms with Crippen molar-refractivity contribution in [2.24, 2.45) is 0 Å². The van der Waals surface area contributed by atoms with Crippen molar-refractivity contribution in [2.75, 3.05) is 29.2 Å². The highest BCUT2D eigenvalue weighted by Crippen LogP contribution is 2.31. The summed E-state index contributed by atoms with van der Waals surface area (Å²) in [6.07, 6.45) is 0.202. The minimum Gasteiger partial charge on any atom is -0.465 e. The van der Waals surface area contributed by atoms with Gasteiger partial charge in [0.1, 0.15) is 0 Å². The molecule has 28 heavy (non-hydrogen) atoms. The van der Waals surface area contributed by atoms with Gasteiger partial charge in [-0.15, -0.1) is 0 Å². The highest BCUT2D eigenvalue weighted by atomic mass is 35.5. The number of methoxy groups -OCH3 is 1. The van der Waals surface area contributed by atoms with Gasteiger partial charge >= 0.3 is 5.97 Å². The molecule has 1 aliphatic heterocycles. The zero-order chi connectivity index (χ0) is 20.3. The molecule has 0 saturated heterocycles. The van der Waals surface area contributed by atoms with Gasteiger partial charge in [0, 0.05) is 18.2 Å². The Bertz CT molecular complexity index is 931.